The molecule has 1 aliphatic rings. The second-order valence-corrected chi connectivity index (χ2v) is 8.52. The van der Waals surface area contributed by atoms with Crippen LogP contribution in [-0.2, 0) is 12.8 Å². The second-order valence-electron chi connectivity index (χ2n) is 7.44. The smallest absolute Gasteiger partial charge is 0.259 e. The van der Waals surface area contributed by atoms with Gasteiger partial charge in [0.25, 0.3) is 5.91 Å². The molecule has 1 heterocycles. The summed E-state index contributed by atoms with van der Waals surface area (Å²) in [7, 11) is 5.64. The van der Waals surface area contributed by atoms with Crippen LogP contribution in [-0.4, -0.2) is 33.3 Å². The van der Waals surface area contributed by atoms with Crippen molar-refractivity contribution < 1.29 is 9.53 Å². The van der Waals surface area contributed by atoms with E-state index in [0.29, 0.717) is 17.0 Å². The predicted molar refractivity (Wildman–Crippen MR) is 125 cm³/mol. The molecule has 0 unspecified atom stereocenters. The fourth-order valence-corrected chi connectivity index (χ4v) is 4.87. The fourth-order valence-electron chi connectivity index (χ4n) is 3.64. The number of thiophene rings is 1. The lowest BCUT2D eigenvalue weighted by atomic mass is 10.1. The number of carbonyl (C=O) groups excluding carboxylic acids is 1. The number of nitrogens with zero attached hydrogens (tertiary/aromatic N) is 2. The van der Waals surface area contributed by atoms with E-state index in [9.17, 15) is 4.79 Å². The Bertz CT molecular complexity index is 1080. The number of benzene rings is 2. The number of nitrogens with one attached hydrogen (secondary N) is 1. The van der Waals surface area contributed by atoms with Gasteiger partial charge in [-0.15, -0.1) is 11.3 Å². The van der Waals surface area contributed by atoms with E-state index >= 15 is 0 Å². The number of methoxy groups -OCH3 is 1. The van der Waals surface area contributed by atoms with Crippen molar-refractivity contribution in [3.05, 3.63) is 70.1 Å². The Morgan fingerprint density at radius 1 is 1.13 bits per heavy atom. The van der Waals surface area contributed by atoms with Gasteiger partial charge >= 0.3 is 0 Å². The molecule has 6 heteroatoms. The molecule has 0 aliphatic heterocycles. The van der Waals surface area contributed by atoms with Gasteiger partial charge in [0.1, 0.15) is 10.8 Å². The topological polar surface area (TPSA) is 53.9 Å². The maximum Gasteiger partial charge on any atom is 0.259 e. The van der Waals surface area contributed by atoms with Crippen LogP contribution in [0.4, 0.5) is 16.4 Å². The first kappa shape index (κ1) is 20.2. The van der Waals surface area contributed by atoms with Crippen LogP contribution < -0.4 is 15.0 Å². The number of anilines is 2. The van der Waals surface area contributed by atoms with Crippen LogP contribution in [0.5, 0.6) is 5.75 Å². The van der Waals surface area contributed by atoms with Crippen LogP contribution in [0.2, 0.25) is 0 Å². The molecule has 5 nitrogen and oxygen atoms in total. The van der Waals surface area contributed by atoms with Crippen molar-refractivity contribution in [2.75, 3.05) is 31.4 Å². The van der Waals surface area contributed by atoms with Crippen molar-refractivity contribution in [1.82, 2.24) is 0 Å². The molecule has 0 spiro atoms. The molecule has 154 valence electrons. The predicted octanol–water partition coefficient (Wildman–Crippen LogP) is 5.31. The minimum absolute atomic E-state index is 0.131. The van der Waals surface area contributed by atoms with Crippen LogP contribution in [0.1, 0.15) is 32.8 Å². The van der Waals surface area contributed by atoms with Crippen LogP contribution in [0, 0.1) is 0 Å². The summed E-state index contributed by atoms with van der Waals surface area (Å²) < 4.78 is 5.37. The number of rotatable bonds is 6. The van der Waals surface area contributed by atoms with Crippen LogP contribution in [0.3, 0.4) is 0 Å². The summed E-state index contributed by atoms with van der Waals surface area (Å²) >= 11 is 1.63. The lowest BCUT2D eigenvalue weighted by Crippen LogP contribution is -2.13. The van der Waals surface area contributed by atoms with Gasteiger partial charge in [0, 0.05) is 30.9 Å². The van der Waals surface area contributed by atoms with Crippen LogP contribution in [0.25, 0.3) is 0 Å². The number of aryl methyl sites for hydroxylation is 1. The van der Waals surface area contributed by atoms with Crippen molar-refractivity contribution in [3.8, 4) is 5.75 Å². The van der Waals surface area contributed by atoms with E-state index in [1.54, 1.807) is 18.4 Å². The molecule has 1 aromatic heterocycles. The van der Waals surface area contributed by atoms with E-state index in [1.807, 2.05) is 56.7 Å². The number of ether oxygens (including phenoxy) is 1. The first-order valence-corrected chi connectivity index (χ1v) is 10.8. The van der Waals surface area contributed by atoms with Gasteiger partial charge in [0.2, 0.25) is 0 Å². The molecule has 0 bridgehead atoms. The Labute approximate surface area is 181 Å². The van der Waals surface area contributed by atoms with Gasteiger partial charge in [-0.3, -0.25) is 4.79 Å². The number of para-hydroxylation sites is 2. The van der Waals surface area contributed by atoms with Gasteiger partial charge in [-0.25, -0.2) is 4.99 Å². The third kappa shape index (κ3) is 4.09. The highest BCUT2D eigenvalue weighted by molar-refractivity contribution is 7.16. The summed E-state index contributed by atoms with van der Waals surface area (Å²) in [6, 6.07) is 15.6. The molecule has 30 heavy (non-hydrogen) atoms. The molecule has 2 aromatic carbocycles. The maximum absolute atomic E-state index is 13.2. The van der Waals surface area contributed by atoms with Crippen LogP contribution in [0.15, 0.2) is 53.5 Å². The minimum Gasteiger partial charge on any atom is -0.495 e. The number of carbonyl (C=O) groups is 1. The van der Waals surface area contributed by atoms with Crippen molar-refractivity contribution in [1.29, 1.82) is 0 Å². The van der Waals surface area contributed by atoms with E-state index in [-0.39, 0.29) is 5.91 Å². The summed E-state index contributed by atoms with van der Waals surface area (Å²) in [6.45, 7) is 0. The number of hydrogen-bond acceptors (Lipinski definition) is 5. The maximum atomic E-state index is 13.2. The third-order valence-corrected chi connectivity index (χ3v) is 6.43. The van der Waals surface area contributed by atoms with E-state index in [2.05, 4.69) is 22.3 Å². The Kier molecular flexibility index (Phi) is 5.86. The highest BCUT2D eigenvalue weighted by Gasteiger charge is 2.26. The van der Waals surface area contributed by atoms with Gasteiger partial charge in [-0.05, 0) is 54.7 Å². The fraction of sp³-hybridized carbons (Fsp3) is 0.250. The molecule has 0 radical (unpaired) electrons. The quantitative estimate of drug-likeness (QED) is 0.551. The first-order chi connectivity index (χ1) is 14.6. The van der Waals surface area contributed by atoms with Crippen LogP contribution >= 0.6 is 11.3 Å². The Balaban J connectivity index is 1.63. The molecule has 1 amide bonds. The summed E-state index contributed by atoms with van der Waals surface area (Å²) in [5.41, 5.74) is 4.64. The molecule has 0 saturated carbocycles. The monoisotopic (exact) mass is 419 g/mol. The van der Waals surface area contributed by atoms with E-state index < -0.39 is 0 Å². The van der Waals surface area contributed by atoms with E-state index in [4.69, 9.17) is 9.73 Å². The number of hydrogen-bond donors (Lipinski definition) is 1. The number of amides is 1. The standard InChI is InChI=1S/C24H25N3O2S/c1-27(2)17-13-11-16(12-14-17)15-25-24-22(18-7-6-10-21(18)30-24)23(28)26-19-8-4-5-9-20(19)29-3/h4-5,8-9,11-15H,6-7,10H2,1-3H3,(H,26,28). The van der Waals surface area contributed by atoms with E-state index in [0.717, 1.165) is 41.1 Å². The molecule has 3 aromatic rings. The summed E-state index contributed by atoms with van der Waals surface area (Å²) in [5, 5.41) is 3.78. The van der Waals surface area contributed by atoms with Gasteiger partial charge in [0.15, 0.2) is 0 Å². The summed E-state index contributed by atoms with van der Waals surface area (Å²) in [6.07, 6.45) is 4.86. The zero-order valence-corrected chi connectivity index (χ0v) is 18.3. The summed E-state index contributed by atoms with van der Waals surface area (Å²) in [4.78, 5) is 21.3. The minimum atomic E-state index is -0.131. The molecule has 0 atom stereocenters. The normalized spacial score (nSPS) is 12.8. The van der Waals surface area contributed by atoms with E-state index in [1.165, 1.54) is 4.88 Å². The van der Waals surface area contributed by atoms with Gasteiger partial charge in [-0.2, -0.15) is 0 Å². The zero-order chi connectivity index (χ0) is 21.1. The highest BCUT2D eigenvalue weighted by atomic mass is 32.1. The molecule has 1 N–H and O–H groups in total. The lowest BCUT2D eigenvalue weighted by Gasteiger charge is -2.11. The second kappa shape index (κ2) is 8.71. The Morgan fingerprint density at radius 3 is 2.63 bits per heavy atom. The first-order valence-electron chi connectivity index (χ1n) is 9.97. The largest absolute Gasteiger partial charge is 0.495 e. The number of aliphatic imine (C=N–C) groups is 1. The average molecular weight is 420 g/mol. The SMILES string of the molecule is COc1ccccc1NC(=O)c1c(N=Cc2ccc(N(C)C)cc2)sc2c1CCC2. The van der Waals surface area contributed by atoms with Crippen molar-refractivity contribution >= 4 is 39.8 Å². The summed E-state index contributed by atoms with van der Waals surface area (Å²) in [5.74, 6) is 0.512. The van der Waals surface area contributed by atoms with Gasteiger partial charge < -0.3 is 15.0 Å². The molecule has 0 saturated heterocycles. The van der Waals surface area contributed by atoms with Crippen molar-refractivity contribution in [3.63, 3.8) is 0 Å². The Hall–Kier alpha value is -3.12. The molecule has 0 fully saturated rings. The number of fused-ring (bicyclic) bond motifs is 1. The molecule has 4 rings (SSSR count). The molecular weight excluding hydrogens is 394 g/mol. The highest BCUT2D eigenvalue weighted by Crippen LogP contribution is 2.41. The molecule has 1 aliphatic carbocycles. The van der Waals surface area contributed by atoms with Gasteiger partial charge in [0.05, 0.1) is 18.4 Å². The zero-order valence-electron chi connectivity index (χ0n) is 17.4. The molecular formula is C24H25N3O2S. The lowest BCUT2D eigenvalue weighted by molar-refractivity contribution is 0.102. The van der Waals surface area contributed by atoms with Gasteiger partial charge in [-0.1, -0.05) is 24.3 Å². The van der Waals surface area contributed by atoms with Crippen molar-refractivity contribution in [2.45, 2.75) is 19.3 Å². The average Bonchev–Trinajstić information content (AvgIpc) is 3.33. The van der Waals surface area contributed by atoms with Crippen molar-refractivity contribution in [2.24, 2.45) is 4.99 Å². The third-order valence-electron chi connectivity index (χ3n) is 5.23. The Morgan fingerprint density at radius 2 is 1.90 bits per heavy atom.